The normalized spacial score (nSPS) is 22.5. The highest BCUT2D eigenvalue weighted by Crippen LogP contribution is 2.48. The Hall–Kier alpha value is -4.78. The summed E-state index contributed by atoms with van der Waals surface area (Å²) in [5.41, 5.74) is 1.32. The van der Waals surface area contributed by atoms with Gasteiger partial charge in [0.15, 0.2) is 35.5 Å². The van der Waals surface area contributed by atoms with Gasteiger partial charge in [0.2, 0.25) is 0 Å². The van der Waals surface area contributed by atoms with Crippen molar-refractivity contribution in [3.63, 3.8) is 0 Å². The van der Waals surface area contributed by atoms with Crippen LogP contribution in [-0.4, -0.2) is 132 Å². The number of benzene rings is 2. The van der Waals surface area contributed by atoms with Crippen LogP contribution < -0.4 is 28.7 Å². The number of aliphatic hydroxyl groups excluding tert-OH is 2. The first-order valence-electron chi connectivity index (χ1n) is 22.3. The quantitative estimate of drug-likeness (QED) is 0.1000. The number of fused-ring (bicyclic) bond motifs is 4. The van der Waals surface area contributed by atoms with E-state index in [4.69, 9.17) is 28.4 Å². The first-order valence-corrected chi connectivity index (χ1v) is 24.6. The molecule has 4 heterocycles. The third-order valence-electron chi connectivity index (χ3n) is 12.3. The van der Waals surface area contributed by atoms with Gasteiger partial charge in [-0.3, -0.25) is 9.59 Å². The summed E-state index contributed by atoms with van der Waals surface area (Å²) in [6.45, 7) is 16.5. The number of ether oxygens (including phenoxy) is 6. The van der Waals surface area contributed by atoms with E-state index in [1.807, 2.05) is 0 Å². The highest BCUT2D eigenvalue weighted by Gasteiger charge is 2.49. The molecule has 7 rings (SSSR count). The van der Waals surface area contributed by atoms with Crippen LogP contribution in [0.15, 0.2) is 48.6 Å². The number of hydrogen-bond acceptors (Lipinski definition) is 14. The molecule has 1 aliphatic carbocycles. The molecule has 2 N–H and O–H groups in total. The van der Waals surface area contributed by atoms with E-state index < -0.39 is 42.3 Å². The number of carbonyl (C=O) groups excluding carboxylic acids is 4. The number of unbranched alkanes of at least 4 members (excludes halogenated alkanes) is 2. The van der Waals surface area contributed by atoms with Crippen molar-refractivity contribution in [2.75, 3.05) is 62.7 Å². The van der Waals surface area contributed by atoms with E-state index in [9.17, 15) is 29.4 Å². The van der Waals surface area contributed by atoms with E-state index in [1.165, 1.54) is 36.2 Å². The lowest BCUT2D eigenvalue weighted by molar-refractivity contribution is 0.0310. The molecule has 65 heavy (non-hydrogen) atoms. The Kier molecular flexibility index (Phi) is 14.8. The fourth-order valence-corrected chi connectivity index (χ4v) is 11.8. The average Bonchev–Trinajstić information content (AvgIpc) is 4.00. The van der Waals surface area contributed by atoms with Crippen molar-refractivity contribution in [1.82, 2.24) is 9.80 Å². The lowest BCUT2D eigenvalue weighted by Crippen LogP contribution is -2.51. The Bertz CT molecular complexity index is 2170. The summed E-state index contributed by atoms with van der Waals surface area (Å²) in [4.78, 5) is 61.1. The van der Waals surface area contributed by atoms with Crippen molar-refractivity contribution < 1.29 is 57.8 Å². The van der Waals surface area contributed by atoms with Gasteiger partial charge < -0.3 is 48.4 Å². The van der Waals surface area contributed by atoms with Gasteiger partial charge in [-0.05, 0) is 77.8 Å². The summed E-state index contributed by atoms with van der Waals surface area (Å²) in [6.07, 6.45) is 2.09. The average molecular weight is 939 g/mol. The molecule has 354 valence electrons. The number of anilines is 2. The third kappa shape index (κ3) is 10.1. The molecule has 2 unspecified atom stereocenters. The van der Waals surface area contributed by atoms with Crippen LogP contribution in [0.3, 0.4) is 0 Å². The second-order valence-electron chi connectivity index (χ2n) is 18.2. The summed E-state index contributed by atoms with van der Waals surface area (Å²) < 4.78 is 35.3. The smallest absolute Gasteiger partial charge is 0.417 e. The highest BCUT2D eigenvalue weighted by molar-refractivity contribution is 8.77. The van der Waals surface area contributed by atoms with Gasteiger partial charge in [-0.1, -0.05) is 65.7 Å². The minimum absolute atomic E-state index is 0.144. The van der Waals surface area contributed by atoms with Crippen molar-refractivity contribution in [1.29, 1.82) is 0 Å². The predicted molar refractivity (Wildman–Crippen MR) is 249 cm³/mol. The Labute approximate surface area is 388 Å². The van der Waals surface area contributed by atoms with Crippen molar-refractivity contribution >= 4 is 57.0 Å². The van der Waals surface area contributed by atoms with Gasteiger partial charge in [-0.15, -0.1) is 0 Å². The van der Waals surface area contributed by atoms with Gasteiger partial charge in [0.05, 0.1) is 66.8 Å². The van der Waals surface area contributed by atoms with E-state index in [2.05, 4.69) is 20.1 Å². The Balaban J connectivity index is 1.04. The molecule has 0 radical (unpaired) electrons. The lowest BCUT2D eigenvalue weighted by atomic mass is 10.1. The fourth-order valence-electron chi connectivity index (χ4n) is 9.14. The number of carbonyl (C=O) groups is 4. The topological polar surface area (TPSA) is 177 Å². The van der Waals surface area contributed by atoms with E-state index in [1.54, 1.807) is 59.4 Å². The van der Waals surface area contributed by atoms with Gasteiger partial charge in [0, 0.05) is 31.0 Å². The van der Waals surface area contributed by atoms with Gasteiger partial charge >= 0.3 is 12.2 Å². The molecule has 2 aromatic rings. The van der Waals surface area contributed by atoms with Crippen molar-refractivity contribution in [2.45, 2.75) is 120 Å². The Morgan fingerprint density at radius 1 is 0.754 bits per heavy atom. The monoisotopic (exact) mass is 938 g/mol. The molecule has 0 spiro atoms. The van der Waals surface area contributed by atoms with Crippen LogP contribution in [0.25, 0.3) is 0 Å². The Morgan fingerprint density at radius 3 is 1.68 bits per heavy atom. The van der Waals surface area contributed by atoms with Gasteiger partial charge in [-0.2, -0.15) is 0 Å². The van der Waals surface area contributed by atoms with Crippen molar-refractivity contribution in [3.05, 3.63) is 59.7 Å². The molecule has 18 heteroatoms. The molecule has 0 bridgehead atoms. The van der Waals surface area contributed by atoms with E-state index >= 15 is 0 Å². The second-order valence-corrected chi connectivity index (χ2v) is 21.2. The minimum atomic E-state index is -1.41. The summed E-state index contributed by atoms with van der Waals surface area (Å²) in [6, 6.07) is 4.75. The zero-order chi connectivity index (χ0) is 46.8. The summed E-state index contributed by atoms with van der Waals surface area (Å²) >= 11 is 0. The number of nitrogens with zero attached hydrogens (tertiary/aromatic N) is 4. The largest absolute Gasteiger partial charge is 0.493 e. The third-order valence-corrected chi connectivity index (χ3v) is 15.6. The van der Waals surface area contributed by atoms with Crippen LogP contribution in [0, 0.1) is 0 Å². The number of rotatable bonds is 15. The first kappa shape index (κ1) is 48.2. The summed E-state index contributed by atoms with van der Waals surface area (Å²) in [7, 11) is 6.44. The minimum Gasteiger partial charge on any atom is -0.493 e. The lowest BCUT2D eigenvalue weighted by Gasteiger charge is -2.33. The fraction of sp³-hybridized carbons (Fsp3) is 0.574. The molecular formula is C47H62N4O12S2. The Morgan fingerprint density at radius 2 is 1.23 bits per heavy atom. The number of amides is 4. The zero-order valence-electron chi connectivity index (χ0n) is 38.2. The van der Waals surface area contributed by atoms with Gasteiger partial charge in [0.1, 0.15) is 12.2 Å². The molecule has 4 amide bonds. The molecule has 2 aromatic carbocycles. The molecule has 1 saturated carbocycles. The zero-order valence-corrected chi connectivity index (χ0v) is 39.9. The molecule has 2 saturated heterocycles. The van der Waals surface area contributed by atoms with Crippen LogP contribution in [0.4, 0.5) is 21.0 Å². The SMILES string of the molecule is C=C1C[C@H]2C(O)N(C(=O)OCC3(SSCC)CCCC3)c3cc(OCCCCCOc4cc5c(cc4OC)C(=O)N4CC(=C)C[C@H]4C(O)N5C(=O)OC(C)(C)C)c(OC)cc3C(=O)N2C1. The summed E-state index contributed by atoms with van der Waals surface area (Å²) in [5.74, 6) is 1.34. The van der Waals surface area contributed by atoms with E-state index in [0.29, 0.717) is 43.6 Å². The van der Waals surface area contributed by atoms with Crippen LogP contribution in [0.5, 0.6) is 23.0 Å². The van der Waals surface area contributed by atoms with Crippen molar-refractivity contribution in [3.8, 4) is 23.0 Å². The molecule has 4 atom stereocenters. The van der Waals surface area contributed by atoms with E-state index in [-0.39, 0.29) is 83.5 Å². The van der Waals surface area contributed by atoms with Crippen LogP contribution in [0.2, 0.25) is 0 Å². The van der Waals surface area contributed by atoms with E-state index in [0.717, 1.165) is 47.5 Å². The van der Waals surface area contributed by atoms with Crippen LogP contribution >= 0.6 is 21.6 Å². The maximum Gasteiger partial charge on any atom is 0.417 e. The molecular weight excluding hydrogens is 877 g/mol. The van der Waals surface area contributed by atoms with Crippen LogP contribution in [0.1, 0.15) is 106 Å². The summed E-state index contributed by atoms with van der Waals surface area (Å²) in [5, 5.41) is 23.5. The first-order chi connectivity index (χ1) is 31.0. The number of hydrogen-bond donors (Lipinski definition) is 2. The number of methoxy groups -OCH3 is 2. The molecule has 4 aliphatic heterocycles. The van der Waals surface area contributed by atoms with Crippen molar-refractivity contribution in [2.24, 2.45) is 0 Å². The molecule has 5 aliphatic rings. The maximum atomic E-state index is 14.1. The molecule has 3 fully saturated rings. The van der Waals surface area contributed by atoms with Gasteiger partial charge in [-0.25, -0.2) is 19.4 Å². The molecule has 16 nitrogen and oxygen atoms in total. The number of aliphatic hydroxyl groups is 2. The highest BCUT2D eigenvalue weighted by atomic mass is 33.1. The molecule has 0 aromatic heterocycles. The second kappa shape index (κ2) is 20.0. The predicted octanol–water partition coefficient (Wildman–Crippen LogP) is 7.94. The van der Waals surface area contributed by atoms with Crippen LogP contribution in [-0.2, 0) is 9.47 Å². The maximum absolute atomic E-state index is 14.1. The van der Waals surface area contributed by atoms with Gasteiger partial charge in [0.25, 0.3) is 11.8 Å². The standard InChI is InChI=1S/C47H62N4O12S2/c1-9-64-65-47(15-11-12-16-47)27-62-44(56)50-32-23-38(36(58-7)21-30(32)40(52)48-25-28(2)19-34(48)42(50)54)60-17-13-10-14-18-61-39-24-33-31(22-37(39)59-8)41(53)49-26-29(3)20-35(49)43(55)51(33)45(57)63-46(4,5)6/h21-24,34-35,42-43,54-55H,2-3,9-20,25-27H2,1,4-8H3/t34-,35-,42?,43?/m0/s1.